The first-order chi connectivity index (χ1) is 12.0. The highest BCUT2D eigenvalue weighted by atomic mass is 16.5. The van der Waals surface area contributed by atoms with E-state index in [2.05, 4.69) is 5.32 Å². The van der Waals surface area contributed by atoms with Gasteiger partial charge in [-0.25, -0.2) is 0 Å². The summed E-state index contributed by atoms with van der Waals surface area (Å²) in [5.41, 5.74) is 1.79. The number of phenols is 2. The first-order valence-corrected chi connectivity index (χ1v) is 7.86. The maximum absolute atomic E-state index is 9.97. The van der Waals surface area contributed by atoms with Gasteiger partial charge in [0.25, 0.3) is 0 Å². The van der Waals surface area contributed by atoms with Crippen LogP contribution in [0, 0.1) is 0 Å². The molecule has 0 aliphatic heterocycles. The first-order valence-electron chi connectivity index (χ1n) is 7.86. The molecule has 2 aromatic carbocycles. The molecule has 4 N–H and O–H groups in total. The number of aliphatic hydroxyl groups is 1. The number of aliphatic hydroxyl groups excluding tert-OH is 1. The number of hydrogen-bond donors (Lipinski definition) is 4. The molecule has 0 aliphatic carbocycles. The second kappa shape index (κ2) is 8.96. The van der Waals surface area contributed by atoms with Crippen LogP contribution in [0.1, 0.15) is 11.1 Å². The molecule has 0 heterocycles. The second-order valence-corrected chi connectivity index (χ2v) is 5.45. The molecule has 0 aromatic heterocycles. The van der Waals surface area contributed by atoms with Gasteiger partial charge in [0.1, 0.15) is 6.23 Å². The van der Waals surface area contributed by atoms with Gasteiger partial charge in [-0.2, -0.15) is 0 Å². The van der Waals surface area contributed by atoms with Crippen LogP contribution < -0.4 is 14.8 Å². The van der Waals surface area contributed by atoms with E-state index in [-0.39, 0.29) is 11.5 Å². The minimum Gasteiger partial charge on any atom is -0.504 e. The van der Waals surface area contributed by atoms with E-state index in [4.69, 9.17) is 9.47 Å². The Labute approximate surface area is 147 Å². The van der Waals surface area contributed by atoms with Gasteiger partial charge in [-0.1, -0.05) is 18.2 Å². The number of ether oxygens (including phenoxy) is 2. The largest absolute Gasteiger partial charge is 0.504 e. The molecule has 2 rings (SSSR count). The SMILES string of the molecule is COc1cc(/C=C/C(O)NCCc2ccc(O)c(OC)c2)ccc1O. The van der Waals surface area contributed by atoms with Gasteiger partial charge in [-0.05, 0) is 47.9 Å². The lowest BCUT2D eigenvalue weighted by atomic mass is 10.1. The molecule has 0 aliphatic rings. The van der Waals surface area contributed by atoms with Gasteiger partial charge in [0.05, 0.1) is 14.2 Å². The quantitative estimate of drug-likeness (QED) is 0.549. The van der Waals surface area contributed by atoms with Gasteiger partial charge in [-0.3, -0.25) is 5.32 Å². The number of aromatic hydroxyl groups is 2. The fourth-order valence-corrected chi connectivity index (χ4v) is 2.31. The van der Waals surface area contributed by atoms with Crippen LogP contribution in [0.4, 0.5) is 0 Å². The summed E-state index contributed by atoms with van der Waals surface area (Å²) in [6.45, 7) is 0.554. The predicted molar refractivity (Wildman–Crippen MR) is 96.1 cm³/mol. The zero-order valence-electron chi connectivity index (χ0n) is 14.3. The summed E-state index contributed by atoms with van der Waals surface area (Å²) in [6.07, 6.45) is 3.22. The van der Waals surface area contributed by atoms with Crippen molar-refractivity contribution < 1.29 is 24.8 Å². The van der Waals surface area contributed by atoms with Crippen LogP contribution in [0.5, 0.6) is 23.0 Å². The predicted octanol–water partition coefficient (Wildman–Crippen LogP) is 2.28. The Balaban J connectivity index is 1.85. The van der Waals surface area contributed by atoms with Crippen LogP contribution in [-0.4, -0.2) is 42.3 Å². The molecule has 0 saturated carbocycles. The summed E-state index contributed by atoms with van der Waals surface area (Å²) >= 11 is 0. The van der Waals surface area contributed by atoms with Crippen LogP contribution in [0.25, 0.3) is 6.08 Å². The Morgan fingerprint density at radius 2 is 1.64 bits per heavy atom. The monoisotopic (exact) mass is 345 g/mol. The van der Waals surface area contributed by atoms with E-state index in [0.717, 1.165) is 11.1 Å². The van der Waals surface area contributed by atoms with Crippen molar-refractivity contribution in [3.05, 3.63) is 53.6 Å². The number of nitrogens with one attached hydrogen (secondary N) is 1. The van der Waals surface area contributed by atoms with Crippen molar-refractivity contribution >= 4 is 6.08 Å². The lowest BCUT2D eigenvalue weighted by Gasteiger charge is -2.10. The Hall–Kier alpha value is -2.70. The molecule has 0 radical (unpaired) electrons. The van der Waals surface area contributed by atoms with Gasteiger partial charge in [0.2, 0.25) is 0 Å². The number of rotatable bonds is 8. The summed E-state index contributed by atoms with van der Waals surface area (Å²) in [4.78, 5) is 0. The molecule has 6 heteroatoms. The lowest BCUT2D eigenvalue weighted by Crippen LogP contribution is -2.28. The van der Waals surface area contributed by atoms with Crippen LogP contribution in [0.15, 0.2) is 42.5 Å². The van der Waals surface area contributed by atoms with E-state index in [1.54, 1.807) is 36.4 Å². The Morgan fingerprint density at radius 1 is 1.00 bits per heavy atom. The van der Waals surface area contributed by atoms with Gasteiger partial charge >= 0.3 is 0 Å². The van der Waals surface area contributed by atoms with E-state index < -0.39 is 6.23 Å². The fraction of sp³-hybridized carbons (Fsp3) is 0.263. The summed E-state index contributed by atoms with van der Waals surface area (Å²) in [7, 11) is 2.99. The van der Waals surface area contributed by atoms with Gasteiger partial charge in [0, 0.05) is 6.54 Å². The molecule has 0 saturated heterocycles. The first kappa shape index (κ1) is 18.6. The van der Waals surface area contributed by atoms with Crippen molar-refractivity contribution in [2.24, 2.45) is 0 Å². The summed E-state index contributed by atoms with van der Waals surface area (Å²) in [5.74, 6) is 0.985. The zero-order valence-corrected chi connectivity index (χ0v) is 14.3. The highest BCUT2D eigenvalue weighted by Gasteiger charge is 2.04. The number of phenolic OH excluding ortho intramolecular Hbond substituents is 2. The van der Waals surface area contributed by atoms with Crippen molar-refractivity contribution in [3.8, 4) is 23.0 Å². The molecule has 2 aromatic rings. The van der Waals surface area contributed by atoms with Crippen molar-refractivity contribution in [1.29, 1.82) is 0 Å². The minimum absolute atomic E-state index is 0.0719. The lowest BCUT2D eigenvalue weighted by molar-refractivity contribution is 0.186. The third kappa shape index (κ3) is 5.41. The normalized spacial score (nSPS) is 12.3. The molecular formula is C19H23NO5. The van der Waals surface area contributed by atoms with E-state index in [0.29, 0.717) is 24.5 Å². The molecule has 1 atom stereocenters. The molecule has 0 bridgehead atoms. The summed E-state index contributed by atoms with van der Waals surface area (Å²) in [5, 5.41) is 32.1. The zero-order chi connectivity index (χ0) is 18.2. The second-order valence-electron chi connectivity index (χ2n) is 5.45. The Bertz CT molecular complexity index is 730. The summed E-state index contributed by atoms with van der Waals surface area (Å²) in [6, 6.07) is 10.1. The van der Waals surface area contributed by atoms with Crippen LogP contribution in [-0.2, 0) is 6.42 Å². The van der Waals surface area contributed by atoms with E-state index in [9.17, 15) is 15.3 Å². The molecule has 25 heavy (non-hydrogen) atoms. The average Bonchev–Trinajstić information content (AvgIpc) is 2.62. The highest BCUT2D eigenvalue weighted by Crippen LogP contribution is 2.27. The van der Waals surface area contributed by atoms with E-state index in [1.807, 2.05) is 6.07 Å². The van der Waals surface area contributed by atoms with Gasteiger partial charge in [-0.15, -0.1) is 0 Å². The highest BCUT2D eigenvalue weighted by molar-refractivity contribution is 5.55. The van der Waals surface area contributed by atoms with E-state index >= 15 is 0 Å². The summed E-state index contributed by atoms with van der Waals surface area (Å²) < 4.78 is 10.1. The van der Waals surface area contributed by atoms with Crippen LogP contribution in [0.3, 0.4) is 0 Å². The third-order valence-corrected chi connectivity index (χ3v) is 3.69. The number of methoxy groups -OCH3 is 2. The van der Waals surface area contributed by atoms with Crippen molar-refractivity contribution in [3.63, 3.8) is 0 Å². The third-order valence-electron chi connectivity index (χ3n) is 3.69. The maximum Gasteiger partial charge on any atom is 0.161 e. The van der Waals surface area contributed by atoms with Crippen LogP contribution in [0.2, 0.25) is 0 Å². The smallest absolute Gasteiger partial charge is 0.161 e. The maximum atomic E-state index is 9.97. The van der Waals surface area contributed by atoms with Gasteiger partial charge in [0.15, 0.2) is 23.0 Å². The van der Waals surface area contributed by atoms with Crippen LogP contribution >= 0.6 is 0 Å². The molecule has 6 nitrogen and oxygen atoms in total. The fourth-order valence-electron chi connectivity index (χ4n) is 2.31. The Morgan fingerprint density at radius 3 is 2.32 bits per heavy atom. The minimum atomic E-state index is -0.807. The van der Waals surface area contributed by atoms with Gasteiger partial charge < -0.3 is 24.8 Å². The topological polar surface area (TPSA) is 91.2 Å². The van der Waals surface area contributed by atoms with Crippen molar-refractivity contribution in [2.75, 3.05) is 20.8 Å². The molecule has 1 unspecified atom stereocenters. The molecule has 134 valence electrons. The average molecular weight is 345 g/mol. The molecule has 0 amide bonds. The standard InChI is InChI=1S/C19H23NO5/c1-24-17-11-13(3-6-15(17)21)5-8-19(23)20-10-9-14-4-7-16(22)18(12-14)25-2/h3-8,11-12,19-23H,9-10H2,1-2H3/b8-5+. The molecular weight excluding hydrogens is 322 g/mol. The number of hydrogen-bond acceptors (Lipinski definition) is 6. The Kier molecular flexibility index (Phi) is 6.68. The number of benzene rings is 2. The van der Waals surface area contributed by atoms with Crippen molar-refractivity contribution in [2.45, 2.75) is 12.6 Å². The molecule has 0 fully saturated rings. The molecule has 0 spiro atoms. The van der Waals surface area contributed by atoms with E-state index in [1.165, 1.54) is 20.3 Å². The van der Waals surface area contributed by atoms with Crippen molar-refractivity contribution in [1.82, 2.24) is 5.32 Å².